The number of rotatable bonds is 4. The molecule has 0 aliphatic heterocycles. The van der Waals surface area contributed by atoms with Crippen molar-refractivity contribution in [2.24, 2.45) is 0 Å². The van der Waals surface area contributed by atoms with E-state index in [0.717, 1.165) is 83.9 Å². The fourth-order valence-electron chi connectivity index (χ4n) is 9.99. The second kappa shape index (κ2) is 12.2. The van der Waals surface area contributed by atoms with Crippen LogP contribution < -0.4 is 0 Å². The Kier molecular flexibility index (Phi) is 6.74. The minimum Gasteiger partial charge on any atom is -0.456 e. The van der Waals surface area contributed by atoms with Crippen molar-refractivity contribution in [2.75, 3.05) is 0 Å². The molecule has 0 saturated carbocycles. The van der Waals surface area contributed by atoms with Crippen LogP contribution >= 0.6 is 0 Å². The van der Waals surface area contributed by atoms with E-state index in [2.05, 4.69) is 198 Å². The van der Waals surface area contributed by atoms with Crippen molar-refractivity contribution in [2.45, 2.75) is 19.3 Å². The molecule has 1 aliphatic carbocycles. The summed E-state index contributed by atoms with van der Waals surface area (Å²) in [5, 5.41) is 8.29. The first-order valence-corrected chi connectivity index (χ1v) is 20.5. The number of para-hydroxylation sites is 3. The van der Waals surface area contributed by atoms with Crippen LogP contribution in [-0.2, 0) is 0 Å². The summed E-state index contributed by atoms with van der Waals surface area (Å²) in [5.41, 5.74) is 16.8. The fourth-order valence-corrected chi connectivity index (χ4v) is 9.99. The average molecular weight is 757 g/mol. The van der Waals surface area contributed by atoms with Crippen LogP contribution in [0.3, 0.4) is 0 Å². The summed E-state index contributed by atoms with van der Waals surface area (Å²) in [6, 6.07) is 61.3. The van der Waals surface area contributed by atoms with Crippen LogP contribution in [0.15, 0.2) is 185 Å². The molecule has 0 saturated heterocycles. The minimum absolute atomic E-state index is 0.476. The van der Waals surface area contributed by atoms with E-state index in [0.29, 0.717) is 5.92 Å². The lowest BCUT2D eigenvalue weighted by Gasteiger charge is -2.16. The quantitative estimate of drug-likeness (QED) is 0.179. The monoisotopic (exact) mass is 756 g/mol. The minimum atomic E-state index is 0.476. The number of allylic oxidation sites excluding steroid dienone is 1. The van der Waals surface area contributed by atoms with E-state index in [-0.39, 0.29) is 0 Å². The molecule has 4 heteroatoms. The zero-order valence-corrected chi connectivity index (χ0v) is 32.3. The summed E-state index contributed by atoms with van der Waals surface area (Å²) in [6.45, 7) is 2.34. The third-order valence-corrected chi connectivity index (χ3v) is 12.7. The van der Waals surface area contributed by atoms with Crippen molar-refractivity contribution in [1.29, 1.82) is 0 Å². The Bertz CT molecular complexity index is 3680. The van der Waals surface area contributed by atoms with Gasteiger partial charge in [0.2, 0.25) is 0 Å². The topological polar surface area (TPSA) is 36.1 Å². The van der Waals surface area contributed by atoms with E-state index in [4.69, 9.17) is 8.83 Å². The number of aromatic nitrogens is 2. The number of hydrogen-bond donors (Lipinski definition) is 0. The maximum atomic E-state index is 6.43. The van der Waals surface area contributed by atoms with Gasteiger partial charge in [-0.25, -0.2) is 0 Å². The van der Waals surface area contributed by atoms with Crippen LogP contribution in [-0.4, -0.2) is 9.13 Å². The summed E-state index contributed by atoms with van der Waals surface area (Å²) >= 11 is 0. The lowest BCUT2D eigenvalue weighted by Crippen LogP contribution is -2.02. The molecule has 59 heavy (non-hydrogen) atoms. The number of nitrogens with zero attached hydrogens (tertiary/aromatic N) is 2. The molecule has 1 atom stereocenters. The highest BCUT2D eigenvalue weighted by atomic mass is 16.3. The zero-order chi connectivity index (χ0) is 38.8. The molecule has 4 heterocycles. The smallest absolute Gasteiger partial charge is 0.135 e. The van der Waals surface area contributed by atoms with E-state index in [1.807, 2.05) is 0 Å². The van der Waals surface area contributed by atoms with E-state index in [1.165, 1.54) is 44.0 Å². The average Bonchev–Trinajstić information content (AvgIpc) is 4.03. The Morgan fingerprint density at radius 1 is 0.407 bits per heavy atom. The van der Waals surface area contributed by atoms with Gasteiger partial charge in [0.25, 0.3) is 0 Å². The van der Waals surface area contributed by atoms with Crippen LogP contribution in [0.5, 0.6) is 0 Å². The first kappa shape index (κ1) is 32.5. The highest BCUT2D eigenvalue weighted by Gasteiger charge is 2.23. The normalized spacial score (nSPS) is 14.2. The molecule has 0 amide bonds. The second-order valence-electron chi connectivity index (χ2n) is 16.1. The van der Waals surface area contributed by atoms with Crippen molar-refractivity contribution in [3.8, 4) is 33.6 Å². The third-order valence-electron chi connectivity index (χ3n) is 12.7. The molecule has 8 aromatic carbocycles. The van der Waals surface area contributed by atoms with Crippen LogP contribution in [0.25, 0.3) is 116 Å². The molecule has 13 rings (SSSR count). The first-order valence-electron chi connectivity index (χ1n) is 20.5. The molecule has 0 bridgehead atoms. The summed E-state index contributed by atoms with van der Waals surface area (Å²) in [7, 11) is 0. The van der Waals surface area contributed by atoms with E-state index < -0.39 is 0 Å². The van der Waals surface area contributed by atoms with Gasteiger partial charge in [0, 0.05) is 54.8 Å². The van der Waals surface area contributed by atoms with Gasteiger partial charge in [-0.1, -0.05) is 97.9 Å². The lowest BCUT2D eigenvalue weighted by molar-refractivity contribution is 0.668. The van der Waals surface area contributed by atoms with Crippen LogP contribution in [0.2, 0.25) is 0 Å². The fraction of sp³-hybridized carbons (Fsp3) is 0.0545. The molecule has 4 aromatic heterocycles. The van der Waals surface area contributed by atoms with Crippen LogP contribution in [0.1, 0.15) is 30.5 Å². The molecule has 4 nitrogen and oxygen atoms in total. The van der Waals surface area contributed by atoms with Gasteiger partial charge in [-0.3, -0.25) is 0 Å². The van der Waals surface area contributed by atoms with Crippen molar-refractivity contribution in [3.63, 3.8) is 0 Å². The van der Waals surface area contributed by atoms with Crippen molar-refractivity contribution in [3.05, 3.63) is 187 Å². The van der Waals surface area contributed by atoms with Gasteiger partial charge in [-0.2, -0.15) is 0 Å². The summed E-state index contributed by atoms with van der Waals surface area (Å²) in [5.74, 6) is 0.476. The highest BCUT2D eigenvalue weighted by molar-refractivity contribution is 6.11. The molecule has 1 unspecified atom stereocenters. The lowest BCUT2D eigenvalue weighted by atomic mass is 9.91. The van der Waals surface area contributed by atoms with Gasteiger partial charge < -0.3 is 18.0 Å². The maximum Gasteiger partial charge on any atom is 0.135 e. The van der Waals surface area contributed by atoms with Gasteiger partial charge in [0.1, 0.15) is 22.3 Å². The Hall–Kier alpha value is -7.56. The number of fused-ring (bicyclic) bond motifs is 12. The number of hydrogen-bond acceptors (Lipinski definition) is 2. The molecule has 1 aliphatic rings. The van der Waals surface area contributed by atoms with Gasteiger partial charge in [-0.15, -0.1) is 0 Å². The summed E-state index contributed by atoms with van der Waals surface area (Å²) in [4.78, 5) is 0. The molecule has 0 fully saturated rings. The SMILES string of the molecule is CC1CC=Cc2c1c1ccccc1n2-c1ccc2oc3ccc(-c4cccc(-c5ccc6oc7ccc(-n8c9ccccc9c9ccccc98)cc7c6c5)c4)cc3c2c1. The Labute approximate surface area is 339 Å². The molecule has 0 spiro atoms. The number of benzene rings is 8. The predicted octanol–water partition coefficient (Wildman–Crippen LogP) is 15.4. The van der Waals surface area contributed by atoms with Crippen molar-refractivity contribution >= 4 is 82.7 Å². The van der Waals surface area contributed by atoms with Gasteiger partial charge >= 0.3 is 0 Å². The molecule has 278 valence electrons. The molecular formula is C55H36N2O2. The Morgan fingerprint density at radius 3 is 1.44 bits per heavy atom. The van der Waals surface area contributed by atoms with E-state index >= 15 is 0 Å². The van der Waals surface area contributed by atoms with Crippen LogP contribution in [0.4, 0.5) is 0 Å². The third kappa shape index (κ3) is 4.77. The van der Waals surface area contributed by atoms with Gasteiger partial charge in [0.05, 0.1) is 16.6 Å². The second-order valence-corrected chi connectivity index (χ2v) is 16.1. The molecule has 0 radical (unpaired) electrons. The summed E-state index contributed by atoms with van der Waals surface area (Å²) in [6.07, 6.45) is 5.68. The molecular weight excluding hydrogens is 721 g/mol. The Morgan fingerprint density at radius 2 is 0.864 bits per heavy atom. The molecule has 12 aromatic rings. The molecule has 0 N–H and O–H groups in total. The van der Waals surface area contributed by atoms with E-state index in [1.54, 1.807) is 0 Å². The van der Waals surface area contributed by atoms with Gasteiger partial charge in [0.15, 0.2) is 0 Å². The Balaban J connectivity index is 0.904. The number of furan rings is 2. The van der Waals surface area contributed by atoms with Crippen molar-refractivity contribution < 1.29 is 8.83 Å². The largest absolute Gasteiger partial charge is 0.456 e. The highest BCUT2D eigenvalue weighted by Crippen LogP contribution is 2.42. The van der Waals surface area contributed by atoms with E-state index in [9.17, 15) is 0 Å². The maximum absolute atomic E-state index is 6.43. The van der Waals surface area contributed by atoms with Crippen LogP contribution in [0, 0.1) is 0 Å². The predicted molar refractivity (Wildman–Crippen MR) is 245 cm³/mol. The van der Waals surface area contributed by atoms with Crippen molar-refractivity contribution in [1.82, 2.24) is 9.13 Å². The summed E-state index contributed by atoms with van der Waals surface area (Å²) < 4.78 is 17.6. The zero-order valence-electron chi connectivity index (χ0n) is 32.3. The first-order chi connectivity index (χ1) is 29.1. The van der Waals surface area contributed by atoms with Gasteiger partial charge in [-0.05, 0) is 131 Å². The standard InChI is InChI=1S/C55H36N2O2/c1-33-10-8-19-50-55(33)42-15-4-7-18-49(42)57(50)39-23-27-54-46(32-39)44-30-37(21-25-52(44)59-54)35-12-9-11-34(28-35)36-20-24-51-43(29-36)45-31-38(22-26-53(45)58-51)56-47-16-5-2-13-40(47)41-14-3-6-17-48(41)56/h2-9,11-33H,10H2,1H3.